The van der Waals surface area contributed by atoms with Crippen LogP contribution in [0.25, 0.3) is 0 Å². The zero-order valence-electron chi connectivity index (χ0n) is 15.9. The summed E-state index contributed by atoms with van der Waals surface area (Å²) in [4.78, 5) is 12.2. The average molecular weight is 432 g/mol. The largest absolute Gasteiger partial charge is 0.573 e. The molecule has 2 aromatic carbocycles. The molecule has 0 aromatic heterocycles. The Kier molecular flexibility index (Phi) is 6.28. The summed E-state index contributed by atoms with van der Waals surface area (Å²) < 4.78 is 86.4. The van der Waals surface area contributed by atoms with Gasteiger partial charge in [-0.05, 0) is 42.4 Å². The third kappa shape index (κ3) is 5.25. The summed E-state index contributed by atoms with van der Waals surface area (Å²) in [5.74, 6) is -7.14. The van der Waals surface area contributed by atoms with Gasteiger partial charge in [-0.3, -0.25) is 0 Å². The SMILES string of the molecule is CC1CCC(c2ccc(C(=O)Oc3cc(F)c(OC(F)(F)F)c(F)c3)c(F)c2)CC1. The number of hydrogen-bond acceptors (Lipinski definition) is 3. The number of carbonyl (C=O) groups excluding carboxylic acids is 1. The fourth-order valence-corrected chi connectivity index (χ4v) is 3.52. The van der Waals surface area contributed by atoms with Gasteiger partial charge in [-0.25, -0.2) is 18.0 Å². The molecule has 0 heterocycles. The van der Waals surface area contributed by atoms with Crippen molar-refractivity contribution >= 4 is 5.97 Å². The van der Waals surface area contributed by atoms with E-state index in [2.05, 4.69) is 11.7 Å². The number of alkyl halides is 3. The predicted molar refractivity (Wildman–Crippen MR) is 94.8 cm³/mol. The zero-order chi connectivity index (χ0) is 22.1. The van der Waals surface area contributed by atoms with Crippen molar-refractivity contribution < 1.29 is 40.6 Å². The summed E-state index contributed by atoms with van der Waals surface area (Å²) in [6, 6.07) is 4.74. The van der Waals surface area contributed by atoms with Crippen LogP contribution in [0.1, 0.15) is 54.4 Å². The lowest BCUT2D eigenvalue weighted by atomic mass is 9.79. The molecule has 0 amide bonds. The summed E-state index contributed by atoms with van der Waals surface area (Å²) in [6.07, 6.45) is -1.42. The van der Waals surface area contributed by atoms with Gasteiger partial charge in [0.2, 0.25) is 5.75 Å². The molecular formula is C21H18F6O3. The monoisotopic (exact) mass is 432 g/mol. The molecule has 1 saturated carbocycles. The second-order valence-electron chi connectivity index (χ2n) is 7.35. The van der Waals surface area contributed by atoms with Gasteiger partial charge in [0.15, 0.2) is 11.6 Å². The molecule has 0 aliphatic heterocycles. The molecule has 3 nitrogen and oxygen atoms in total. The van der Waals surface area contributed by atoms with E-state index < -0.39 is 46.8 Å². The van der Waals surface area contributed by atoms with Gasteiger partial charge >= 0.3 is 12.3 Å². The van der Waals surface area contributed by atoms with Crippen molar-refractivity contribution in [3.63, 3.8) is 0 Å². The summed E-state index contributed by atoms with van der Waals surface area (Å²) in [5.41, 5.74) is 0.293. The van der Waals surface area contributed by atoms with Crippen molar-refractivity contribution in [1.29, 1.82) is 0 Å². The molecule has 0 saturated heterocycles. The standard InChI is InChI=1S/C21H18F6O3/c1-11-2-4-12(5-3-11)13-6-7-15(16(22)8-13)20(28)29-14-9-17(23)19(18(24)10-14)30-21(25,26)27/h6-12H,2-5H2,1H3. The summed E-state index contributed by atoms with van der Waals surface area (Å²) >= 11 is 0. The Balaban J connectivity index is 1.74. The molecule has 0 unspecified atom stereocenters. The Labute approximate surface area is 168 Å². The van der Waals surface area contributed by atoms with Crippen molar-refractivity contribution in [2.24, 2.45) is 5.92 Å². The first-order valence-electron chi connectivity index (χ1n) is 9.30. The Morgan fingerprint density at radius 3 is 2.07 bits per heavy atom. The number of esters is 1. The van der Waals surface area contributed by atoms with Crippen LogP contribution in [0.15, 0.2) is 30.3 Å². The smallest absolute Gasteiger partial charge is 0.423 e. The average Bonchev–Trinajstić information content (AvgIpc) is 2.64. The van der Waals surface area contributed by atoms with Crippen LogP contribution in [-0.4, -0.2) is 12.3 Å². The predicted octanol–water partition coefficient (Wildman–Crippen LogP) is 6.52. The van der Waals surface area contributed by atoms with Gasteiger partial charge in [-0.2, -0.15) is 0 Å². The maximum absolute atomic E-state index is 14.4. The molecule has 162 valence electrons. The topological polar surface area (TPSA) is 35.5 Å². The molecule has 0 atom stereocenters. The van der Waals surface area contributed by atoms with Crippen LogP contribution < -0.4 is 9.47 Å². The van der Waals surface area contributed by atoms with E-state index >= 15 is 0 Å². The van der Waals surface area contributed by atoms with Gasteiger partial charge < -0.3 is 9.47 Å². The summed E-state index contributed by atoms with van der Waals surface area (Å²) in [7, 11) is 0. The van der Waals surface area contributed by atoms with Crippen LogP contribution in [0.5, 0.6) is 11.5 Å². The van der Waals surface area contributed by atoms with E-state index in [0.717, 1.165) is 31.2 Å². The first-order valence-corrected chi connectivity index (χ1v) is 9.30. The normalized spacial score (nSPS) is 19.4. The van der Waals surface area contributed by atoms with Crippen LogP contribution in [0.4, 0.5) is 26.3 Å². The van der Waals surface area contributed by atoms with E-state index in [-0.39, 0.29) is 5.92 Å². The Hall–Kier alpha value is -2.71. The molecule has 3 rings (SSSR count). The number of hydrogen-bond donors (Lipinski definition) is 0. The Morgan fingerprint density at radius 1 is 0.933 bits per heavy atom. The Bertz CT molecular complexity index is 910. The number of carbonyl (C=O) groups is 1. The minimum atomic E-state index is -5.30. The number of benzene rings is 2. The van der Waals surface area contributed by atoms with Gasteiger partial charge in [0.1, 0.15) is 11.6 Å². The molecule has 0 radical (unpaired) electrons. The zero-order valence-corrected chi connectivity index (χ0v) is 15.9. The third-order valence-electron chi connectivity index (χ3n) is 5.10. The first kappa shape index (κ1) is 22.0. The second-order valence-corrected chi connectivity index (χ2v) is 7.35. The minimum absolute atomic E-state index is 0.185. The van der Waals surface area contributed by atoms with Crippen LogP contribution in [0, 0.1) is 23.4 Å². The summed E-state index contributed by atoms with van der Waals surface area (Å²) in [6.45, 7) is 2.16. The van der Waals surface area contributed by atoms with E-state index in [1.807, 2.05) is 0 Å². The molecule has 0 N–H and O–H groups in total. The fraction of sp³-hybridized carbons (Fsp3) is 0.381. The highest BCUT2D eigenvalue weighted by Gasteiger charge is 2.34. The van der Waals surface area contributed by atoms with Gasteiger partial charge in [0, 0.05) is 12.1 Å². The molecular weight excluding hydrogens is 414 g/mol. The maximum atomic E-state index is 14.4. The number of halogens is 6. The molecule has 0 spiro atoms. The summed E-state index contributed by atoms with van der Waals surface area (Å²) in [5, 5.41) is 0. The molecule has 1 aliphatic rings. The molecule has 1 aliphatic carbocycles. The van der Waals surface area contributed by atoms with E-state index in [0.29, 0.717) is 18.1 Å². The van der Waals surface area contributed by atoms with E-state index in [1.165, 1.54) is 12.1 Å². The highest BCUT2D eigenvalue weighted by Crippen LogP contribution is 2.36. The lowest BCUT2D eigenvalue weighted by Gasteiger charge is -2.26. The van der Waals surface area contributed by atoms with Gasteiger partial charge in [0.05, 0.1) is 5.56 Å². The minimum Gasteiger partial charge on any atom is -0.423 e. The second kappa shape index (κ2) is 8.57. The van der Waals surface area contributed by atoms with Gasteiger partial charge in [-0.15, -0.1) is 13.2 Å². The Morgan fingerprint density at radius 2 is 1.53 bits per heavy atom. The maximum Gasteiger partial charge on any atom is 0.573 e. The molecule has 1 fully saturated rings. The van der Waals surface area contributed by atoms with Crippen molar-refractivity contribution in [2.45, 2.75) is 44.9 Å². The lowest BCUT2D eigenvalue weighted by molar-refractivity contribution is -0.276. The van der Waals surface area contributed by atoms with Crippen LogP contribution in [-0.2, 0) is 0 Å². The quantitative estimate of drug-likeness (QED) is 0.314. The van der Waals surface area contributed by atoms with E-state index in [4.69, 9.17) is 4.74 Å². The van der Waals surface area contributed by atoms with E-state index in [1.54, 1.807) is 6.07 Å². The molecule has 0 bridgehead atoms. The lowest BCUT2D eigenvalue weighted by Crippen LogP contribution is -2.19. The fourth-order valence-electron chi connectivity index (χ4n) is 3.52. The molecule has 30 heavy (non-hydrogen) atoms. The highest BCUT2D eigenvalue weighted by molar-refractivity contribution is 5.91. The van der Waals surface area contributed by atoms with Crippen molar-refractivity contribution in [2.75, 3.05) is 0 Å². The first-order chi connectivity index (χ1) is 14.0. The van der Waals surface area contributed by atoms with E-state index in [9.17, 15) is 31.1 Å². The van der Waals surface area contributed by atoms with Gasteiger partial charge in [0.25, 0.3) is 0 Å². The molecule has 2 aromatic rings. The van der Waals surface area contributed by atoms with Crippen LogP contribution >= 0.6 is 0 Å². The van der Waals surface area contributed by atoms with Gasteiger partial charge in [-0.1, -0.05) is 25.8 Å². The number of rotatable bonds is 4. The molecule has 9 heteroatoms. The van der Waals surface area contributed by atoms with Crippen LogP contribution in [0.3, 0.4) is 0 Å². The van der Waals surface area contributed by atoms with Crippen LogP contribution in [0.2, 0.25) is 0 Å². The number of ether oxygens (including phenoxy) is 2. The third-order valence-corrected chi connectivity index (χ3v) is 5.10. The highest BCUT2D eigenvalue weighted by atomic mass is 19.4. The van der Waals surface area contributed by atoms with Crippen molar-refractivity contribution in [3.05, 3.63) is 58.9 Å². The van der Waals surface area contributed by atoms with Crippen molar-refractivity contribution in [3.8, 4) is 11.5 Å². The van der Waals surface area contributed by atoms with Crippen molar-refractivity contribution in [1.82, 2.24) is 0 Å².